The number of urea groups is 1. The SMILES string of the molecule is CCCCc1ccc(NC(=O)N/C=C/c2ccc(Cl)cc2)cc1. The molecule has 2 N–H and O–H groups in total. The highest BCUT2D eigenvalue weighted by Crippen LogP contribution is 2.12. The van der Waals surface area contributed by atoms with E-state index in [1.165, 1.54) is 18.4 Å². The molecular formula is C19H21ClN2O. The normalized spacial score (nSPS) is 10.7. The Labute approximate surface area is 142 Å². The summed E-state index contributed by atoms with van der Waals surface area (Å²) in [5.41, 5.74) is 3.04. The number of hydrogen-bond donors (Lipinski definition) is 2. The number of halogens is 1. The molecule has 2 aromatic carbocycles. The molecule has 2 amide bonds. The molecule has 0 saturated carbocycles. The molecule has 4 heteroatoms. The molecule has 0 aliphatic carbocycles. The smallest absolute Gasteiger partial charge is 0.314 e. The molecule has 120 valence electrons. The first-order valence-electron chi connectivity index (χ1n) is 7.76. The summed E-state index contributed by atoms with van der Waals surface area (Å²) in [5.74, 6) is 0. The van der Waals surface area contributed by atoms with Crippen molar-refractivity contribution in [1.82, 2.24) is 5.32 Å². The summed E-state index contributed by atoms with van der Waals surface area (Å²) in [6.45, 7) is 2.18. The Balaban J connectivity index is 1.81. The van der Waals surface area contributed by atoms with Crippen LogP contribution in [0.1, 0.15) is 30.9 Å². The first-order valence-corrected chi connectivity index (χ1v) is 8.14. The van der Waals surface area contributed by atoms with Crippen LogP contribution in [-0.4, -0.2) is 6.03 Å². The predicted molar refractivity (Wildman–Crippen MR) is 97.7 cm³/mol. The monoisotopic (exact) mass is 328 g/mol. The van der Waals surface area contributed by atoms with Crippen LogP contribution < -0.4 is 10.6 Å². The zero-order valence-electron chi connectivity index (χ0n) is 13.2. The third kappa shape index (κ3) is 6.17. The van der Waals surface area contributed by atoms with Crippen molar-refractivity contribution in [2.24, 2.45) is 0 Å². The van der Waals surface area contributed by atoms with Crippen molar-refractivity contribution in [3.05, 3.63) is 70.9 Å². The highest BCUT2D eigenvalue weighted by atomic mass is 35.5. The van der Waals surface area contributed by atoms with Crippen LogP contribution >= 0.6 is 11.6 Å². The molecule has 0 aromatic heterocycles. The van der Waals surface area contributed by atoms with Crippen LogP contribution in [0.5, 0.6) is 0 Å². The van der Waals surface area contributed by atoms with Crippen molar-refractivity contribution in [2.75, 3.05) is 5.32 Å². The lowest BCUT2D eigenvalue weighted by Crippen LogP contribution is -2.23. The van der Waals surface area contributed by atoms with Crippen LogP contribution in [0.4, 0.5) is 10.5 Å². The fourth-order valence-corrected chi connectivity index (χ4v) is 2.22. The quantitative estimate of drug-likeness (QED) is 0.724. The van der Waals surface area contributed by atoms with Crippen molar-refractivity contribution in [1.29, 1.82) is 0 Å². The molecule has 0 bridgehead atoms. The van der Waals surface area contributed by atoms with Crippen LogP contribution in [0.2, 0.25) is 5.02 Å². The topological polar surface area (TPSA) is 41.1 Å². The second kappa shape index (κ2) is 9.01. The van der Waals surface area contributed by atoms with Crippen LogP contribution in [0.25, 0.3) is 6.08 Å². The zero-order chi connectivity index (χ0) is 16.5. The van der Waals surface area contributed by atoms with Gasteiger partial charge < -0.3 is 10.6 Å². The Morgan fingerprint density at radius 3 is 2.43 bits per heavy atom. The van der Waals surface area contributed by atoms with E-state index in [1.807, 2.05) is 30.3 Å². The lowest BCUT2D eigenvalue weighted by atomic mass is 10.1. The van der Waals surface area contributed by atoms with E-state index in [2.05, 4.69) is 29.7 Å². The van der Waals surface area contributed by atoms with Gasteiger partial charge in [0.1, 0.15) is 0 Å². The minimum atomic E-state index is -0.267. The molecule has 0 fully saturated rings. The van der Waals surface area contributed by atoms with Crippen LogP contribution in [0.15, 0.2) is 54.7 Å². The standard InChI is InChI=1S/C19H21ClN2O/c1-2-3-4-15-7-11-18(12-8-15)22-19(23)21-14-13-16-5-9-17(20)10-6-16/h5-14H,2-4H2,1H3,(H2,21,22,23)/b14-13+. The lowest BCUT2D eigenvalue weighted by molar-refractivity contribution is 0.255. The van der Waals surface area contributed by atoms with Gasteiger partial charge in [-0.3, -0.25) is 0 Å². The van der Waals surface area contributed by atoms with Crippen molar-refractivity contribution in [3.63, 3.8) is 0 Å². The summed E-state index contributed by atoms with van der Waals surface area (Å²) < 4.78 is 0. The number of nitrogens with one attached hydrogen (secondary N) is 2. The highest BCUT2D eigenvalue weighted by Gasteiger charge is 1.99. The average molecular weight is 329 g/mol. The van der Waals surface area contributed by atoms with Crippen LogP contribution in [0, 0.1) is 0 Å². The van der Waals surface area contributed by atoms with E-state index in [-0.39, 0.29) is 6.03 Å². The Morgan fingerprint density at radius 1 is 1.09 bits per heavy atom. The molecule has 0 aliphatic heterocycles. The van der Waals surface area contributed by atoms with Gasteiger partial charge in [0.15, 0.2) is 0 Å². The number of benzene rings is 2. The highest BCUT2D eigenvalue weighted by molar-refractivity contribution is 6.30. The van der Waals surface area contributed by atoms with E-state index in [1.54, 1.807) is 18.3 Å². The van der Waals surface area contributed by atoms with Crippen LogP contribution in [0.3, 0.4) is 0 Å². The summed E-state index contributed by atoms with van der Waals surface area (Å²) in [7, 11) is 0. The van der Waals surface area contributed by atoms with Gasteiger partial charge in [-0.1, -0.05) is 49.2 Å². The predicted octanol–water partition coefficient (Wildman–Crippen LogP) is 5.48. The van der Waals surface area contributed by atoms with Crippen molar-refractivity contribution < 1.29 is 4.79 Å². The van der Waals surface area contributed by atoms with Crippen molar-refractivity contribution >= 4 is 29.4 Å². The number of carbonyl (C=O) groups excluding carboxylic acids is 1. The third-order valence-corrected chi connectivity index (χ3v) is 3.64. The average Bonchev–Trinajstić information content (AvgIpc) is 2.56. The molecule has 2 aromatic rings. The Morgan fingerprint density at radius 2 is 1.78 bits per heavy atom. The Hall–Kier alpha value is -2.26. The number of amides is 2. The minimum absolute atomic E-state index is 0.267. The van der Waals surface area contributed by atoms with Gasteiger partial charge in [-0.25, -0.2) is 4.79 Å². The van der Waals surface area contributed by atoms with Gasteiger partial charge >= 0.3 is 6.03 Å². The first-order chi connectivity index (χ1) is 11.2. The molecule has 0 aliphatic rings. The molecule has 0 saturated heterocycles. The maximum absolute atomic E-state index is 11.8. The number of rotatable bonds is 6. The van der Waals surface area contributed by atoms with Gasteiger partial charge in [0.2, 0.25) is 0 Å². The molecule has 0 radical (unpaired) electrons. The zero-order valence-corrected chi connectivity index (χ0v) is 13.9. The summed E-state index contributed by atoms with van der Waals surface area (Å²) in [4.78, 5) is 11.8. The fraction of sp³-hybridized carbons (Fsp3) is 0.211. The van der Waals surface area contributed by atoms with E-state index in [0.717, 1.165) is 17.7 Å². The molecule has 23 heavy (non-hydrogen) atoms. The number of aryl methyl sites for hydroxylation is 1. The van der Waals surface area contributed by atoms with Crippen LogP contribution in [-0.2, 0) is 6.42 Å². The largest absolute Gasteiger partial charge is 0.323 e. The van der Waals surface area contributed by atoms with Gasteiger partial charge in [-0.15, -0.1) is 0 Å². The number of unbranched alkanes of at least 4 members (excludes halogenated alkanes) is 1. The van der Waals surface area contributed by atoms with E-state index in [0.29, 0.717) is 5.02 Å². The van der Waals surface area contributed by atoms with Gasteiger partial charge in [-0.2, -0.15) is 0 Å². The van der Waals surface area contributed by atoms with Gasteiger partial charge in [-0.05, 0) is 54.3 Å². The fourth-order valence-electron chi connectivity index (χ4n) is 2.09. The lowest BCUT2D eigenvalue weighted by Gasteiger charge is -2.06. The molecule has 0 unspecified atom stereocenters. The molecule has 0 atom stereocenters. The summed E-state index contributed by atoms with van der Waals surface area (Å²) in [5, 5.41) is 6.17. The van der Waals surface area contributed by atoms with Gasteiger partial charge in [0, 0.05) is 16.9 Å². The van der Waals surface area contributed by atoms with Gasteiger partial charge in [0.05, 0.1) is 0 Å². The molecule has 2 rings (SSSR count). The second-order valence-corrected chi connectivity index (χ2v) is 5.72. The van der Waals surface area contributed by atoms with E-state index < -0.39 is 0 Å². The Kier molecular flexibility index (Phi) is 6.70. The molecular weight excluding hydrogens is 308 g/mol. The molecule has 3 nitrogen and oxygen atoms in total. The summed E-state index contributed by atoms with van der Waals surface area (Å²) in [6, 6.07) is 15.1. The summed E-state index contributed by atoms with van der Waals surface area (Å²) in [6.07, 6.45) is 6.86. The Bertz CT molecular complexity index is 648. The van der Waals surface area contributed by atoms with E-state index >= 15 is 0 Å². The maximum Gasteiger partial charge on any atom is 0.323 e. The van der Waals surface area contributed by atoms with E-state index in [4.69, 9.17) is 11.6 Å². The second-order valence-electron chi connectivity index (χ2n) is 5.28. The van der Waals surface area contributed by atoms with Crippen molar-refractivity contribution in [3.8, 4) is 0 Å². The van der Waals surface area contributed by atoms with Gasteiger partial charge in [0.25, 0.3) is 0 Å². The number of anilines is 1. The van der Waals surface area contributed by atoms with E-state index in [9.17, 15) is 4.79 Å². The number of hydrogen-bond acceptors (Lipinski definition) is 1. The maximum atomic E-state index is 11.8. The molecule has 0 spiro atoms. The number of carbonyl (C=O) groups is 1. The van der Waals surface area contributed by atoms with Crippen molar-refractivity contribution in [2.45, 2.75) is 26.2 Å². The molecule has 0 heterocycles. The summed E-state index contributed by atoms with van der Waals surface area (Å²) >= 11 is 5.82. The first kappa shape index (κ1) is 17.1. The third-order valence-electron chi connectivity index (χ3n) is 3.39. The minimum Gasteiger partial charge on any atom is -0.314 e.